The van der Waals surface area contributed by atoms with E-state index < -0.39 is 0 Å². The van der Waals surface area contributed by atoms with Gasteiger partial charge in [0.25, 0.3) is 0 Å². The fraction of sp³-hybridized carbons (Fsp3) is 0.714. The van der Waals surface area contributed by atoms with Crippen molar-refractivity contribution in [1.29, 1.82) is 0 Å². The third-order valence-electron chi connectivity index (χ3n) is 3.95. The van der Waals surface area contributed by atoms with E-state index in [0.717, 1.165) is 23.8 Å². The van der Waals surface area contributed by atoms with Crippen LogP contribution in [0.25, 0.3) is 0 Å². The summed E-state index contributed by atoms with van der Waals surface area (Å²) < 4.78 is 0. The normalized spacial score (nSPS) is 18.2. The van der Waals surface area contributed by atoms with Crippen LogP contribution in [0.2, 0.25) is 0 Å². The Bertz CT molecular complexity index is 385. The van der Waals surface area contributed by atoms with Gasteiger partial charge in [-0.15, -0.1) is 0 Å². The SMILES string of the molecule is Cc1nc(CNC2CCN(C)CC2)nc(C)c1C. The van der Waals surface area contributed by atoms with Crippen LogP contribution in [0, 0.1) is 20.8 Å². The van der Waals surface area contributed by atoms with Crippen LogP contribution >= 0.6 is 0 Å². The zero-order valence-corrected chi connectivity index (χ0v) is 12.0. The van der Waals surface area contributed by atoms with Gasteiger partial charge < -0.3 is 10.2 Å². The quantitative estimate of drug-likeness (QED) is 0.882. The number of likely N-dealkylation sites (tertiary alicyclic amines) is 1. The van der Waals surface area contributed by atoms with Crippen LogP contribution < -0.4 is 5.32 Å². The first kappa shape index (κ1) is 13.4. The van der Waals surface area contributed by atoms with Crippen molar-refractivity contribution < 1.29 is 0 Å². The molecule has 1 saturated heterocycles. The van der Waals surface area contributed by atoms with Gasteiger partial charge in [-0.3, -0.25) is 0 Å². The van der Waals surface area contributed by atoms with Gasteiger partial charge in [0.2, 0.25) is 0 Å². The Hall–Kier alpha value is -1.00. The second-order valence-electron chi connectivity index (χ2n) is 5.39. The van der Waals surface area contributed by atoms with Gasteiger partial charge in [-0.25, -0.2) is 9.97 Å². The molecule has 1 aromatic rings. The fourth-order valence-electron chi connectivity index (χ4n) is 2.37. The highest BCUT2D eigenvalue weighted by Gasteiger charge is 2.16. The van der Waals surface area contributed by atoms with E-state index in [1.165, 1.54) is 31.5 Å². The fourth-order valence-corrected chi connectivity index (χ4v) is 2.37. The van der Waals surface area contributed by atoms with E-state index in [0.29, 0.717) is 6.04 Å². The summed E-state index contributed by atoms with van der Waals surface area (Å²) in [4.78, 5) is 11.5. The van der Waals surface area contributed by atoms with Crippen LogP contribution in [-0.4, -0.2) is 41.0 Å². The van der Waals surface area contributed by atoms with Gasteiger partial charge in [0, 0.05) is 17.4 Å². The number of piperidine rings is 1. The zero-order chi connectivity index (χ0) is 13.1. The van der Waals surface area contributed by atoms with Gasteiger partial charge in [0.05, 0.1) is 6.54 Å². The molecule has 0 amide bonds. The number of hydrogen-bond donors (Lipinski definition) is 1. The van der Waals surface area contributed by atoms with Crippen molar-refractivity contribution in [1.82, 2.24) is 20.2 Å². The largest absolute Gasteiger partial charge is 0.307 e. The van der Waals surface area contributed by atoms with Crippen molar-refractivity contribution in [2.75, 3.05) is 20.1 Å². The highest BCUT2D eigenvalue weighted by atomic mass is 15.1. The maximum Gasteiger partial charge on any atom is 0.142 e. The first-order chi connectivity index (χ1) is 8.56. The van der Waals surface area contributed by atoms with E-state index >= 15 is 0 Å². The predicted octanol–water partition coefficient (Wildman–Crippen LogP) is 1.59. The predicted molar refractivity (Wildman–Crippen MR) is 73.6 cm³/mol. The molecule has 0 atom stereocenters. The summed E-state index contributed by atoms with van der Waals surface area (Å²) in [5, 5.41) is 3.58. The molecule has 0 bridgehead atoms. The number of hydrogen-bond acceptors (Lipinski definition) is 4. The Balaban J connectivity index is 1.90. The smallest absolute Gasteiger partial charge is 0.142 e. The molecule has 0 spiro atoms. The Morgan fingerprint density at radius 3 is 2.22 bits per heavy atom. The van der Waals surface area contributed by atoms with E-state index in [1.807, 2.05) is 0 Å². The Labute approximate surface area is 110 Å². The molecule has 1 N–H and O–H groups in total. The molecule has 4 nitrogen and oxygen atoms in total. The van der Waals surface area contributed by atoms with Crippen molar-refractivity contribution >= 4 is 0 Å². The van der Waals surface area contributed by atoms with Gasteiger partial charge >= 0.3 is 0 Å². The highest BCUT2D eigenvalue weighted by Crippen LogP contribution is 2.10. The van der Waals surface area contributed by atoms with Gasteiger partial charge in [0.1, 0.15) is 5.82 Å². The molecule has 2 heterocycles. The van der Waals surface area contributed by atoms with Crippen LogP contribution in [0.3, 0.4) is 0 Å². The van der Waals surface area contributed by atoms with Crippen LogP contribution in [0.1, 0.15) is 35.6 Å². The third kappa shape index (κ3) is 3.27. The molecule has 1 aromatic heterocycles. The molecule has 18 heavy (non-hydrogen) atoms. The van der Waals surface area contributed by atoms with Crippen molar-refractivity contribution in [3.63, 3.8) is 0 Å². The lowest BCUT2D eigenvalue weighted by molar-refractivity contribution is 0.233. The minimum absolute atomic E-state index is 0.617. The molecule has 0 radical (unpaired) electrons. The molecular formula is C14H24N4. The average molecular weight is 248 g/mol. The summed E-state index contributed by atoms with van der Waals surface area (Å²) >= 11 is 0. The highest BCUT2D eigenvalue weighted by molar-refractivity contribution is 5.22. The summed E-state index contributed by atoms with van der Waals surface area (Å²) in [5.74, 6) is 0.925. The Kier molecular flexibility index (Phi) is 4.30. The molecule has 0 aliphatic carbocycles. The van der Waals surface area contributed by atoms with Crippen LogP contribution in [0.5, 0.6) is 0 Å². The van der Waals surface area contributed by atoms with E-state index in [2.05, 4.69) is 48.0 Å². The maximum atomic E-state index is 4.55. The van der Waals surface area contributed by atoms with Crippen molar-refractivity contribution in [2.24, 2.45) is 0 Å². The van der Waals surface area contributed by atoms with E-state index in [9.17, 15) is 0 Å². The second kappa shape index (κ2) is 5.76. The molecule has 0 saturated carbocycles. The van der Waals surface area contributed by atoms with Gasteiger partial charge in [-0.1, -0.05) is 0 Å². The van der Waals surface area contributed by atoms with Gasteiger partial charge in [-0.05, 0) is 59.3 Å². The number of nitrogens with zero attached hydrogens (tertiary/aromatic N) is 3. The van der Waals surface area contributed by atoms with E-state index in [-0.39, 0.29) is 0 Å². The Morgan fingerprint density at radius 2 is 1.67 bits per heavy atom. The maximum absolute atomic E-state index is 4.55. The first-order valence-corrected chi connectivity index (χ1v) is 6.79. The van der Waals surface area contributed by atoms with Crippen molar-refractivity contribution in [2.45, 2.75) is 46.2 Å². The minimum atomic E-state index is 0.617. The van der Waals surface area contributed by atoms with Crippen LogP contribution in [0.4, 0.5) is 0 Å². The molecule has 0 aromatic carbocycles. The third-order valence-corrected chi connectivity index (χ3v) is 3.95. The summed E-state index contributed by atoms with van der Waals surface area (Å²) in [6.45, 7) is 9.36. The van der Waals surface area contributed by atoms with E-state index in [4.69, 9.17) is 0 Å². The van der Waals surface area contributed by atoms with Crippen LogP contribution in [0.15, 0.2) is 0 Å². The summed E-state index contributed by atoms with van der Waals surface area (Å²) in [5.41, 5.74) is 3.41. The zero-order valence-electron chi connectivity index (χ0n) is 12.0. The number of rotatable bonds is 3. The van der Waals surface area contributed by atoms with Crippen molar-refractivity contribution in [3.05, 3.63) is 22.8 Å². The number of aryl methyl sites for hydroxylation is 2. The molecule has 0 unspecified atom stereocenters. The van der Waals surface area contributed by atoms with Gasteiger partial charge in [0.15, 0.2) is 0 Å². The molecule has 4 heteroatoms. The molecule has 2 rings (SSSR count). The molecule has 1 fully saturated rings. The molecule has 1 aliphatic heterocycles. The second-order valence-corrected chi connectivity index (χ2v) is 5.39. The summed E-state index contributed by atoms with van der Waals surface area (Å²) in [7, 11) is 2.19. The molecular weight excluding hydrogens is 224 g/mol. The topological polar surface area (TPSA) is 41.1 Å². The number of nitrogens with one attached hydrogen (secondary N) is 1. The van der Waals surface area contributed by atoms with E-state index in [1.54, 1.807) is 0 Å². The number of aromatic nitrogens is 2. The standard InChI is InChI=1S/C14H24N4/c1-10-11(2)16-14(17-12(10)3)9-15-13-5-7-18(4)8-6-13/h13,15H,5-9H2,1-4H3. The lowest BCUT2D eigenvalue weighted by Gasteiger charge is -2.29. The first-order valence-electron chi connectivity index (χ1n) is 6.79. The van der Waals surface area contributed by atoms with Crippen molar-refractivity contribution in [3.8, 4) is 0 Å². The Morgan fingerprint density at radius 1 is 1.11 bits per heavy atom. The minimum Gasteiger partial charge on any atom is -0.307 e. The summed E-state index contributed by atoms with van der Waals surface area (Å²) in [6.07, 6.45) is 2.45. The lowest BCUT2D eigenvalue weighted by Crippen LogP contribution is -2.40. The lowest BCUT2D eigenvalue weighted by atomic mass is 10.1. The molecule has 1 aliphatic rings. The monoisotopic (exact) mass is 248 g/mol. The van der Waals surface area contributed by atoms with Crippen LogP contribution in [-0.2, 0) is 6.54 Å². The summed E-state index contributed by atoms with van der Waals surface area (Å²) in [6, 6.07) is 0.617. The molecule has 100 valence electrons. The van der Waals surface area contributed by atoms with Gasteiger partial charge in [-0.2, -0.15) is 0 Å². The average Bonchev–Trinajstić information content (AvgIpc) is 2.35.